The van der Waals surface area contributed by atoms with Gasteiger partial charge in [-0.1, -0.05) is 17.4 Å². The Morgan fingerprint density at radius 3 is 2.54 bits per heavy atom. The molecule has 3 atom stereocenters. The number of alkyl halides is 5. The van der Waals surface area contributed by atoms with Crippen LogP contribution in [-0.2, 0) is 42.9 Å². The molecule has 1 aliphatic heterocycles. The fourth-order valence-electron chi connectivity index (χ4n) is 7.84. The highest BCUT2D eigenvalue weighted by Gasteiger charge is 2.68. The third kappa shape index (κ3) is 6.48. The average Bonchev–Trinajstić information content (AvgIpc) is 3.39. The Hall–Kier alpha value is -5.79. The van der Waals surface area contributed by atoms with Crippen LogP contribution in [0.1, 0.15) is 69.7 Å². The SMILES string of the molecule is CC(=O)c1cc(-c2cc3sc(N4CCn5cnnc5C4)nc3nc2[C@H](Cc2cc(F)cc(F)c2)NC(=O)Cn2nc(C(F)(F)F)c3c2C(F)(F)[C@@H]2C[C@H]32)ccc1F. The summed E-state index contributed by atoms with van der Waals surface area (Å²) in [5, 5.41) is 14.7. The van der Waals surface area contributed by atoms with Crippen molar-refractivity contribution in [2.24, 2.45) is 5.92 Å². The maximum atomic E-state index is 15.4. The lowest BCUT2D eigenvalue weighted by Crippen LogP contribution is -2.35. The van der Waals surface area contributed by atoms with Gasteiger partial charge in [0.2, 0.25) is 5.91 Å². The third-order valence-corrected chi connectivity index (χ3v) is 11.5. The van der Waals surface area contributed by atoms with Crippen molar-refractivity contribution in [3.05, 3.63) is 106 Å². The number of rotatable bonds is 9. The van der Waals surface area contributed by atoms with Gasteiger partial charge in [0.05, 0.1) is 28.5 Å². The monoisotopic (exact) mass is 813 g/mol. The summed E-state index contributed by atoms with van der Waals surface area (Å²) in [6, 6.07) is 6.67. The molecule has 1 fully saturated rings. The molecule has 1 amide bonds. The Morgan fingerprint density at radius 1 is 1.04 bits per heavy atom. The van der Waals surface area contributed by atoms with Crippen LogP contribution in [0.15, 0.2) is 48.8 Å². The molecule has 0 saturated heterocycles. The summed E-state index contributed by atoms with van der Waals surface area (Å²) in [5.74, 6) is -9.71. The van der Waals surface area contributed by atoms with Crippen molar-refractivity contribution >= 4 is 38.5 Å². The number of hydrogen-bond acceptors (Lipinski definition) is 9. The molecule has 1 saturated carbocycles. The molecule has 0 bridgehead atoms. The predicted octanol–water partition coefficient (Wildman–Crippen LogP) is 7.11. The minimum Gasteiger partial charge on any atom is -0.346 e. The third-order valence-electron chi connectivity index (χ3n) is 10.5. The maximum Gasteiger partial charge on any atom is 0.435 e. The number of Topliss-reactive ketones (excluding diaryl/α,β-unsaturated/α-hetero) is 1. The van der Waals surface area contributed by atoms with Gasteiger partial charge in [0.25, 0.3) is 5.92 Å². The van der Waals surface area contributed by atoms with Gasteiger partial charge in [-0.05, 0) is 67.1 Å². The molecule has 6 aromatic rings. The fourth-order valence-corrected chi connectivity index (χ4v) is 8.81. The number of ketones is 1. The minimum absolute atomic E-state index is 0.0186. The summed E-state index contributed by atoms with van der Waals surface area (Å²) < 4.78 is 119. The highest BCUT2D eigenvalue weighted by Crippen LogP contribution is 2.68. The number of thiazole rings is 1. The molecular formula is C37H27F8N9O2S. The number of hydrogen-bond donors (Lipinski definition) is 1. The van der Waals surface area contributed by atoms with E-state index in [2.05, 4.69) is 20.6 Å². The van der Waals surface area contributed by atoms with Crippen molar-refractivity contribution in [2.45, 2.75) is 63.5 Å². The van der Waals surface area contributed by atoms with Gasteiger partial charge < -0.3 is 14.8 Å². The van der Waals surface area contributed by atoms with Crippen molar-refractivity contribution in [3.8, 4) is 11.1 Å². The zero-order chi connectivity index (χ0) is 40.1. The Morgan fingerprint density at radius 2 is 1.81 bits per heavy atom. The molecule has 20 heteroatoms. The highest BCUT2D eigenvalue weighted by molar-refractivity contribution is 7.22. The van der Waals surface area contributed by atoms with E-state index in [1.165, 1.54) is 30.4 Å². The fraction of sp³-hybridized carbons (Fsp3) is 0.324. The highest BCUT2D eigenvalue weighted by atomic mass is 32.1. The van der Waals surface area contributed by atoms with E-state index in [0.717, 1.165) is 18.2 Å². The maximum absolute atomic E-state index is 15.4. The Balaban J connectivity index is 1.15. The number of nitrogens with zero attached hydrogens (tertiary/aromatic N) is 8. The van der Waals surface area contributed by atoms with Gasteiger partial charge in [-0.3, -0.25) is 14.3 Å². The van der Waals surface area contributed by atoms with E-state index in [4.69, 9.17) is 9.97 Å². The van der Waals surface area contributed by atoms with E-state index >= 15 is 8.78 Å². The molecule has 4 aromatic heterocycles. The number of carbonyl (C=O) groups is 2. The summed E-state index contributed by atoms with van der Waals surface area (Å²) in [6.07, 6.45) is -3.96. The second-order valence-corrected chi connectivity index (χ2v) is 15.3. The van der Waals surface area contributed by atoms with Gasteiger partial charge in [-0.25, -0.2) is 18.2 Å². The summed E-state index contributed by atoms with van der Waals surface area (Å²) in [6.45, 7) is 1.59. The zero-order valence-corrected chi connectivity index (χ0v) is 30.2. The smallest absolute Gasteiger partial charge is 0.346 e. The van der Waals surface area contributed by atoms with Gasteiger partial charge in [0, 0.05) is 36.2 Å². The first-order chi connectivity index (χ1) is 27.0. The molecular weight excluding hydrogens is 787 g/mol. The van der Waals surface area contributed by atoms with Crippen LogP contribution in [0.3, 0.4) is 0 Å². The van der Waals surface area contributed by atoms with E-state index in [9.17, 15) is 35.9 Å². The number of nitrogens with one attached hydrogen (secondary N) is 1. The number of pyridine rings is 1. The number of halogens is 8. The first-order valence-corrected chi connectivity index (χ1v) is 18.4. The number of fused-ring (bicyclic) bond motifs is 5. The van der Waals surface area contributed by atoms with Crippen LogP contribution in [0.2, 0.25) is 0 Å². The van der Waals surface area contributed by atoms with Crippen LogP contribution in [-0.4, -0.2) is 52.7 Å². The summed E-state index contributed by atoms with van der Waals surface area (Å²) >= 11 is 1.26. The standard InChI is InChI=1S/C37H27F8N9O2S/c1-16(55)21-9-18(2-3-25(21)40)22-12-27-34(49-35(57-27)52-4-5-53-15-46-50-28(53)13-52)48-31(22)26(8-17-6-19(38)10-20(39)7-17)47-29(56)14-54-33-30(32(51-54)37(43,44)45)23-11-24(23)36(33,41)42/h2-3,6-7,9-10,12,15,23-24,26H,4-5,8,11,13-14H2,1H3,(H,47,56)/t23-,24+,26-/m0/s1. The van der Waals surface area contributed by atoms with Crippen LogP contribution in [0, 0.1) is 23.4 Å². The predicted molar refractivity (Wildman–Crippen MR) is 187 cm³/mol. The lowest BCUT2D eigenvalue weighted by molar-refractivity contribution is -0.142. The molecule has 0 unspecified atom stereocenters. The van der Waals surface area contributed by atoms with E-state index in [-0.39, 0.29) is 46.4 Å². The van der Waals surface area contributed by atoms with Gasteiger partial charge in [0.15, 0.2) is 28.1 Å². The van der Waals surface area contributed by atoms with Crippen LogP contribution < -0.4 is 10.2 Å². The van der Waals surface area contributed by atoms with Crippen LogP contribution in [0.25, 0.3) is 21.5 Å². The number of anilines is 1. The molecule has 2 aliphatic carbocycles. The van der Waals surface area contributed by atoms with Gasteiger partial charge in [0.1, 0.15) is 36.0 Å². The molecule has 2 aromatic carbocycles. The van der Waals surface area contributed by atoms with Gasteiger partial charge in [-0.15, -0.1) is 10.2 Å². The molecule has 9 rings (SSSR count). The molecule has 57 heavy (non-hydrogen) atoms. The van der Waals surface area contributed by atoms with Crippen molar-refractivity contribution in [3.63, 3.8) is 0 Å². The Kier molecular flexibility index (Phi) is 8.49. The van der Waals surface area contributed by atoms with Gasteiger partial charge >= 0.3 is 6.18 Å². The van der Waals surface area contributed by atoms with Crippen molar-refractivity contribution in [1.82, 2.24) is 39.8 Å². The van der Waals surface area contributed by atoms with Crippen molar-refractivity contribution < 1.29 is 44.7 Å². The number of amides is 1. The summed E-state index contributed by atoms with van der Waals surface area (Å²) in [4.78, 5) is 37.8. The van der Waals surface area contributed by atoms with Crippen molar-refractivity contribution in [2.75, 3.05) is 11.4 Å². The average molecular weight is 814 g/mol. The topological polar surface area (TPSA) is 124 Å². The molecule has 1 N–H and O–H groups in total. The quantitative estimate of drug-likeness (QED) is 0.121. The largest absolute Gasteiger partial charge is 0.435 e. The van der Waals surface area contributed by atoms with Crippen LogP contribution >= 0.6 is 11.3 Å². The van der Waals surface area contributed by atoms with Crippen molar-refractivity contribution in [1.29, 1.82) is 0 Å². The first kappa shape index (κ1) is 36.8. The van der Waals surface area contributed by atoms with E-state index in [1.807, 2.05) is 9.47 Å². The zero-order valence-electron chi connectivity index (χ0n) is 29.4. The number of aromatic nitrogens is 7. The molecule has 11 nitrogen and oxygen atoms in total. The Bertz CT molecular complexity index is 2620. The molecule has 0 radical (unpaired) electrons. The number of carbonyl (C=O) groups excluding carboxylic acids is 2. The lowest BCUT2D eigenvalue weighted by atomic mass is 9.94. The normalized spacial score (nSPS) is 18.6. The second-order valence-electron chi connectivity index (χ2n) is 14.3. The van der Waals surface area contributed by atoms with E-state index in [1.54, 1.807) is 12.4 Å². The molecule has 0 spiro atoms. The van der Waals surface area contributed by atoms with Crippen LogP contribution in [0.4, 0.5) is 40.3 Å². The summed E-state index contributed by atoms with van der Waals surface area (Å²) in [7, 11) is 0. The summed E-state index contributed by atoms with van der Waals surface area (Å²) in [5.41, 5.74) is -2.63. The van der Waals surface area contributed by atoms with E-state index < -0.39 is 82.6 Å². The lowest BCUT2D eigenvalue weighted by Gasteiger charge is -2.26. The number of benzene rings is 2. The van der Waals surface area contributed by atoms with Gasteiger partial charge in [-0.2, -0.15) is 32.0 Å². The Labute approximate surface area is 320 Å². The molecule has 294 valence electrons. The molecule has 3 aliphatic rings. The first-order valence-electron chi connectivity index (χ1n) is 17.6. The minimum atomic E-state index is -5.07. The van der Waals surface area contributed by atoms with Crippen LogP contribution in [0.5, 0.6) is 0 Å². The second kappa shape index (κ2) is 13.1. The van der Waals surface area contributed by atoms with E-state index in [0.29, 0.717) is 46.0 Å². The molecule has 5 heterocycles.